The maximum absolute atomic E-state index is 13.0. The van der Waals surface area contributed by atoms with Crippen molar-refractivity contribution in [1.29, 1.82) is 0 Å². The van der Waals surface area contributed by atoms with Crippen LogP contribution in [0.2, 0.25) is 5.02 Å². The van der Waals surface area contributed by atoms with E-state index in [1.807, 2.05) is 0 Å². The third-order valence-corrected chi connectivity index (χ3v) is 5.71. The van der Waals surface area contributed by atoms with E-state index in [2.05, 4.69) is 10.0 Å². The Kier molecular flexibility index (Phi) is 6.04. The van der Waals surface area contributed by atoms with Crippen LogP contribution in [0.25, 0.3) is 0 Å². The van der Waals surface area contributed by atoms with Gasteiger partial charge in [0, 0.05) is 16.9 Å². The molecule has 10 heteroatoms. The highest BCUT2D eigenvalue weighted by atomic mass is 35.5. The van der Waals surface area contributed by atoms with E-state index in [-0.39, 0.29) is 16.5 Å². The molecule has 0 atom stereocenters. The molecule has 0 unspecified atom stereocenters. The normalized spacial score (nSPS) is 11.7. The minimum absolute atomic E-state index is 0.191. The van der Waals surface area contributed by atoms with Crippen LogP contribution in [-0.4, -0.2) is 14.3 Å². The molecule has 0 saturated heterocycles. The van der Waals surface area contributed by atoms with Gasteiger partial charge in [-0.05, 0) is 54.6 Å². The SMILES string of the molecule is O=C(Nc1ccc(S(=O)(=O)Nc2ccc(Cl)c(C(F)(F)F)c2)cc1)c1ccccc1. The topological polar surface area (TPSA) is 75.3 Å². The van der Waals surface area contributed by atoms with Crippen LogP contribution in [0.15, 0.2) is 77.7 Å². The molecule has 0 heterocycles. The Morgan fingerprint density at radius 3 is 2.07 bits per heavy atom. The summed E-state index contributed by atoms with van der Waals surface area (Å²) in [6.07, 6.45) is -4.73. The second kappa shape index (κ2) is 8.37. The second-order valence-corrected chi connectivity index (χ2v) is 8.23. The maximum atomic E-state index is 13.0. The molecule has 3 aromatic carbocycles. The zero-order chi connectivity index (χ0) is 21.9. The maximum Gasteiger partial charge on any atom is 0.417 e. The smallest absolute Gasteiger partial charge is 0.322 e. The molecule has 1 amide bonds. The van der Waals surface area contributed by atoms with Crippen molar-refractivity contribution in [3.8, 4) is 0 Å². The highest BCUT2D eigenvalue weighted by Gasteiger charge is 2.33. The fourth-order valence-electron chi connectivity index (χ4n) is 2.53. The number of amides is 1. The minimum Gasteiger partial charge on any atom is -0.322 e. The first-order valence-electron chi connectivity index (χ1n) is 8.42. The number of hydrogen-bond acceptors (Lipinski definition) is 3. The lowest BCUT2D eigenvalue weighted by Gasteiger charge is -2.13. The molecular weight excluding hydrogens is 441 g/mol. The summed E-state index contributed by atoms with van der Waals surface area (Å²) in [4.78, 5) is 11.9. The Balaban J connectivity index is 1.76. The van der Waals surface area contributed by atoms with Crippen molar-refractivity contribution in [2.24, 2.45) is 0 Å². The van der Waals surface area contributed by atoms with E-state index in [1.165, 1.54) is 24.3 Å². The van der Waals surface area contributed by atoms with E-state index >= 15 is 0 Å². The lowest BCUT2D eigenvalue weighted by molar-refractivity contribution is -0.137. The Morgan fingerprint density at radius 1 is 0.867 bits per heavy atom. The molecule has 0 aromatic heterocycles. The van der Waals surface area contributed by atoms with Crippen LogP contribution in [0.4, 0.5) is 24.5 Å². The standard InChI is InChI=1S/C20H14ClF3N2O3S/c21-18-11-8-15(12-17(18)20(22,23)24)26-30(28,29)16-9-6-14(7-10-16)25-19(27)13-4-2-1-3-5-13/h1-12,26H,(H,25,27). The number of alkyl halides is 3. The predicted octanol–water partition coefficient (Wildman–Crippen LogP) is 5.41. The molecule has 3 rings (SSSR count). The first-order valence-corrected chi connectivity index (χ1v) is 10.3. The van der Waals surface area contributed by atoms with Gasteiger partial charge in [-0.2, -0.15) is 13.2 Å². The quantitative estimate of drug-likeness (QED) is 0.541. The molecule has 0 fully saturated rings. The highest BCUT2D eigenvalue weighted by Crippen LogP contribution is 2.36. The van der Waals surface area contributed by atoms with Crippen LogP contribution in [0.3, 0.4) is 0 Å². The van der Waals surface area contributed by atoms with Gasteiger partial charge in [0.15, 0.2) is 0 Å². The van der Waals surface area contributed by atoms with Gasteiger partial charge in [0.25, 0.3) is 15.9 Å². The van der Waals surface area contributed by atoms with Crippen molar-refractivity contribution in [3.05, 3.63) is 88.9 Å². The van der Waals surface area contributed by atoms with Crippen molar-refractivity contribution < 1.29 is 26.4 Å². The zero-order valence-corrected chi connectivity index (χ0v) is 16.6. The number of hydrogen-bond donors (Lipinski definition) is 2. The van der Waals surface area contributed by atoms with Gasteiger partial charge in [0.1, 0.15) is 0 Å². The van der Waals surface area contributed by atoms with E-state index in [0.717, 1.165) is 12.1 Å². The lowest BCUT2D eigenvalue weighted by atomic mass is 10.2. The summed E-state index contributed by atoms with van der Waals surface area (Å²) in [5.41, 5.74) is -0.649. The Hall–Kier alpha value is -3.04. The molecule has 0 radical (unpaired) electrons. The van der Waals surface area contributed by atoms with E-state index < -0.39 is 26.8 Å². The van der Waals surface area contributed by atoms with Crippen LogP contribution in [0.5, 0.6) is 0 Å². The monoisotopic (exact) mass is 454 g/mol. The van der Waals surface area contributed by atoms with Gasteiger partial charge in [0.05, 0.1) is 15.5 Å². The van der Waals surface area contributed by atoms with Crippen LogP contribution in [0.1, 0.15) is 15.9 Å². The number of halogens is 4. The molecule has 0 aliphatic rings. The summed E-state index contributed by atoms with van der Waals surface area (Å²) in [6.45, 7) is 0. The van der Waals surface area contributed by atoms with E-state index in [1.54, 1.807) is 30.3 Å². The molecule has 30 heavy (non-hydrogen) atoms. The summed E-state index contributed by atoms with van der Waals surface area (Å²) < 4.78 is 65.9. The summed E-state index contributed by atoms with van der Waals surface area (Å²) in [7, 11) is -4.16. The third kappa shape index (κ3) is 5.11. The van der Waals surface area contributed by atoms with Crippen LogP contribution >= 0.6 is 11.6 Å². The molecule has 3 aromatic rings. The van der Waals surface area contributed by atoms with Gasteiger partial charge in [0.2, 0.25) is 0 Å². The number of nitrogens with one attached hydrogen (secondary N) is 2. The van der Waals surface area contributed by atoms with Gasteiger partial charge in [-0.1, -0.05) is 29.8 Å². The summed E-state index contributed by atoms with van der Waals surface area (Å²) in [6, 6.07) is 16.3. The fourth-order valence-corrected chi connectivity index (χ4v) is 3.80. The summed E-state index contributed by atoms with van der Waals surface area (Å²) in [5.74, 6) is -0.370. The average molecular weight is 455 g/mol. The molecular formula is C20H14ClF3N2O3S. The number of carbonyl (C=O) groups excluding carboxylic acids is 1. The van der Waals surface area contributed by atoms with Crippen molar-refractivity contribution in [2.75, 3.05) is 10.0 Å². The first kappa shape index (κ1) is 21.7. The van der Waals surface area contributed by atoms with Gasteiger partial charge in [-0.15, -0.1) is 0 Å². The molecule has 0 saturated carbocycles. The van der Waals surface area contributed by atoms with Gasteiger partial charge >= 0.3 is 6.18 Å². The molecule has 0 aliphatic heterocycles. The molecule has 156 valence electrons. The first-order chi connectivity index (χ1) is 14.1. The number of benzene rings is 3. The predicted molar refractivity (Wildman–Crippen MR) is 108 cm³/mol. The molecule has 2 N–H and O–H groups in total. The van der Waals surface area contributed by atoms with Gasteiger partial charge in [-0.25, -0.2) is 8.42 Å². The molecule has 5 nitrogen and oxygen atoms in total. The molecule has 0 aliphatic carbocycles. The number of sulfonamides is 1. The van der Waals surface area contributed by atoms with Crippen molar-refractivity contribution >= 4 is 38.9 Å². The van der Waals surface area contributed by atoms with Crippen LogP contribution in [-0.2, 0) is 16.2 Å². The van der Waals surface area contributed by atoms with Crippen molar-refractivity contribution in [1.82, 2.24) is 0 Å². The summed E-state index contributed by atoms with van der Waals surface area (Å²) in [5, 5.41) is 2.09. The largest absolute Gasteiger partial charge is 0.417 e. The Labute approximate surface area is 175 Å². The zero-order valence-electron chi connectivity index (χ0n) is 15.1. The Bertz CT molecular complexity index is 1170. The second-order valence-electron chi connectivity index (χ2n) is 6.14. The number of anilines is 2. The average Bonchev–Trinajstić information content (AvgIpc) is 2.69. The van der Waals surface area contributed by atoms with Gasteiger partial charge < -0.3 is 5.32 Å². The van der Waals surface area contributed by atoms with E-state index in [9.17, 15) is 26.4 Å². The molecule has 0 bridgehead atoms. The highest BCUT2D eigenvalue weighted by molar-refractivity contribution is 7.92. The number of rotatable bonds is 5. The number of carbonyl (C=O) groups is 1. The molecule has 0 spiro atoms. The Morgan fingerprint density at radius 2 is 1.47 bits per heavy atom. The minimum atomic E-state index is -4.73. The lowest BCUT2D eigenvalue weighted by Crippen LogP contribution is -2.15. The van der Waals surface area contributed by atoms with Gasteiger partial charge in [-0.3, -0.25) is 9.52 Å². The summed E-state index contributed by atoms with van der Waals surface area (Å²) >= 11 is 5.54. The van der Waals surface area contributed by atoms with E-state index in [4.69, 9.17) is 11.6 Å². The fraction of sp³-hybridized carbons (Fsp3) is 0.0500. The van der Waals surface area contributed by atoms with E-state index in [0.29, 0.717) is 17.3 Å². The van der Waals surface area contributed by atoms with Crippen molar-refractivity contribution in [3.63, 3.8) is 0 Å². The third-order valence-electron chi connectivity index (χ3n) is 3.98. The van der Waals surface area contributed by atoms with Crippen LogP contribution in [0, 0.1) is 0 Å². The van der Waals surface area contributed by atoms with Crippen molar-refractivity contribution in [2.45, 2.75) is 11.1 Å². The van der Waals surface area contributed by atoms with Crippen LogP contribution < -0.4 is 10.0 Å².